The molecule has 27 heavy (non-hydrogen) atoms. The van der Waals surface area contributed by atoms with Crippen LogP contribution in [0.4, 0.5) is 0 Å². The van der Waals surface area contributed by atoms with Gasteiger partial charge in [0.2, 0.25) is 0 Å². The lowest BCUT2D eigenvalue weighted by Crippen LogP contribution is -2.47. The fraction of sp³-hybridized carbons (Fsp3) is 0.500. The van der Waals surface area contributed by atoms with Crippen LogP contribution in [0.2, 0.25) is 5.02 Å². The maximum absolute atomic E-state index is 12.5. The van der Waals surface area contributed by atoms with E-state index in [4.69, 9.17) is 25.8 Å². The van der Waals surface area contributed by atoms with Gasteiger partial charge in [-0.2, -0.15) is 0 Å². The van der Waals surface area contributed by atoms with Gasteiger partial charge >= 0.3 is 5.97 Å². The number of halogens is 1. The molecule has 148 valence electrons. The standard InChI is InChI=1S/C20H26ClNO5/c1-12(2)22(13(3)4)20(24)14(5)27-18(23)7-6-15-10-16(21)19-17(11-15)25-8-9-26-19/h6-7,10-14H,8-9H2,1-5H3/b7-6+/t14-/m0/s1. The van der Waals surface area contributed by atoms with Crippen molar-refractivity contribution in [2.75, 3.05) is 13.2 Å². The number of rotatable bonds is 6. The molecule has 0 spiro atoms. The third-order valence-corrected chi connectivity index (χ3v) is 4.32. The van der Waals surface area contributed by atoms with Crippen molar-refractivity contribution in [1.29, 1.82) is 0 Å². The second-order valence-electron chi connectivity index (χ2n) is 6.87. The number of ether oxygens (including phenoxy) is 3. The van der Waals surface area contributed by atoms with Crippen molar-refractivity contribution >= 4 is 29.6 Å². The molecule has 1 aromatic rings. The predicted molar refractivity (Wildman–Crippen MR) is 104 cm³/mol. The Kier molecular flexibility index (Phi) is 7.13. The zero-order chi connectivity index (χ0) is 20.1. The molecule has 7 heteroatoms. The number of esters is 1. The normalized spacial score (nSPS) is 14.5. The monoisotopic (exact) mass is 395 g/mol. The van der Waals surface area contributed by atoms with E-state index in [0.717, 1.165) is 0 Å². The summed E-state index contributed by atoms with van der Waals surface area (Å²) in [5, 5.41) is 0.410. The Morgan fingerprint density at radius 3 is 2.37 bits per heavy atom. The number of hydrogen-bond donors (Lipinski definition) is 0. The first kappa shape index (κ1) is 21.1. The Labute approximate surface area is 165 Å². The van der Waals surface area contributed by atoms with Gasteiger partial charge in [0.15, 0.2) is 17.6 Å². The SMILES string of the molecule is CC(C)N(C(=O)[C@H](C)OC(=O)/C=C/c1cc(Cl)c2c(c1)OCCO2)C(C)C. The molecule has 0 aromatic heterocycles. The lowest BCUT2D eigenvalue weighted by atomic mass is 10.1. The molecule has 0 fully saturated rings. The average Bonchev–Trinajstić information content (AvgIpc) is 2.59. The molecule has 1 amide bonds. The van der Waals surface area contributed by atoms with E-state index in [0.29, 0.717) is 35.3 Å². The van der Waals surface area contributed by atoms with Crippen molar-refractivity contribution in [3.8, 4) is 11.5 Å². The minimum absolute atomic E-state index is 0.0223. The summed E-state index contributed by atoms with van der Waals surface area (Å²) in [5.41, 5.74) is 0.672. The van der Waals surface area contributed by atoms with Crippen molar-refractivity contribution < 1.29 is 23.8 Å². The van der Waals surface area contributed by atoms with Gasteiger partial charge in [0.1, 0.15) is 13.2 Å². The summed E-state index contributed by atoms with van der Waals surface area (Å²) in [5.74, 6) is 0.220. The summed E-state index contributed by atoms with van der Waals surface area (Å²) in [4.78, 5) is 26.3. The molecule has 1 aromatic carbocycles. The van der Waals surface area contributed by atoms with Gasteiger partial charge in [-0.25, -0.2) is 4.79 Å². The molecule has 0 aliphatic carbocycles. The first-order chi connectivity index (χ1) is 12.7. The molecular weight excluding hydrogens is 370 g/mol. The molecular formula is C20H26ClNO5. The smallest absolute Gasteiger partial charge is 0.331 e. The van der Waals surface area contributed by atoms with Crippen LogP contribution in [-0.2, 0) is 14.3 Å². The Morgan fingerprint density at radius 2 is 1.74 bits per heavy atom. The topological polar surface area (TPSA) is 65.1 Å². The maximum atomic E-state index is 12.5. The quantitative estimate of drug-likeness (QED) is 0.542. The third kappa shape index (κ3) is 5.39. The number of amides is 1. The van der Waals surface area contributed by atoms with Crippen LogP contribution in [0.1, 0.15) is 40.2 Å². The van der Waals surface area contributed by atoms with E-state index in [2.05, 4.69) is 0 Å². The summed E-state index contributed by atoms with van der Waals surface area (Å²) < 4.78 is 16.2. The largest absolute Gasteiger partial charge is 0.486 e. The molecule has 1 heterocycles. The first-order valence-corrected chi connectivity index (χ1v) is 9.38. The summed E-state index contributed by atoms with van der Waals surface area (Å²) in [7, 11) is 0. The van der Waals surface area contributed by atoms with E-state index in [1.54, 1.807) is 30.0 Å². The minimum Gasteiger partial charge on any atom is -0.486 e. The molecule has 1 atom stereocenters. The van der Waals surface area contributed by atoms with Crippen LogP contribution in [0.15, 0.2) is 18.2 Å². The molecule has 6 nitrogen and oxygen atoms in total. The van der Waals surface area contributed by atoms with Crippen LogP contribution in [0.5, 0.6) is 11.5 Å². The van der Waals surface area contributed by atoms with E-state index in [-0.39, 0.29) is 18.0 Å². The Balaban J connectivity index is 2.02. The van der Waals surface area contributed by atoms with E-state index in [1.165, 1.54) is 6.08 Å². The van der Waals surface area contributed by atoms with Gasteiger partial charge in [0.25, 0.3) is 5.91 Å². The van der Waals surface area contributed by atoms with Crippen LogP contribution in [0.25, 0.3) is 6.08 Å². The first-order valence-electron chi connectivity index (χ1n) is 9.00. The van der Waals surface area contributed by atoms with Crippen molar-refractivity contribution in [2.45, 2.75) is 52.8 Å². The van der Waals surface area contributed by atoms with Crippen molar-refractivity contribution in [1.82, 2.24) is 4.90 Å². The van der Waals surface area contributed by atoms with E-state index in [1.807, 2.05) is 27.7 Å². The van der Waals surface area contributed by atoms with Gasteiger partial charge in [0.05, 0.1) is 5.02 Å². The number of fused-ring (bicyclic) bond motifs is 1. The fourth-order valence-corrected chi connectivity index (χ4v) is 3.24. The number of carbonyl (C=O) groups is 2. The second kappa shape index (κ2) is 9.13. The molecule has 0 saturated carbocycles. The molecule has 0 bridgehead atoms. The highest BCUT2D eigenvalue weighted by atomic mass is 35.5. The van der Waals surface area contributed by atoms with Crippen LogP contribution in [-0.4, -0.2) is 48.2 Å². The molecule has 0 unspecified atom stereocenters. The van der Waals surface area contributed by atoms with Crippen LogP contribution >= 0.6 is 11.6 Å². The molecule has 2 rings (SSSR count). The summed E-state index contributed by atoms with van der Waals surface area (Å²) >= 11 is 6.18. The van der Waals surface area contributed by atoms with Gasteiger partial charge in [-0.1, -0.05) is 11.6 Å². The Hall–Kier alpha value is -2.21. The predicted octanol–water partition coefficient (Wildman–Crippen LogP) is 3.70. The van der Waals surface area contributed by atoms with Crippen molar-refractivity contribution in [3.63, 3.8) is 0 Å². The van der Waals surface area contributed by atoms with Gasteiger partial charge in [0, 0.05) is 18.2 Å². The zero-order valence-corrected chi connectivity index (χ0v) is 17.1. The minimum atomic E-state index is -0.865. The molecule has 0 radical (unpaired) electrons. The average molecular weight is 396 g/mol. The number of benzene rings is 1. The number of carbonyl (C=O) groups excluding carboxylic acids is 2. The highest BCUT2D eigenvalue weighted by Crippen LogP contribution is 2.38. The van der Waals surface area contributed by atoms with Crippen LogP contribution < -0.4 is 9.47 Å². The van der Waals surface area contributed by atoms with Gasteiger partial charge in [-0.15, -0.1) is 0 Å². The molecule has 0 N–H and O–H groups in total. The summed E-state index contributed by atoms with van der Waals surface area (Å²) in [6.07, 6.45) is 1.96. The van der Waals surface area contributed by atoms with Crippen LogP contribution in [0, 0.1) is 0 Å². The third-order valence-electron chi connectivity index (χ3n) is 4.04. The van der Waals surface area contributed by atoms with Crippen LogP contribution in [0.3, 0.4) is 0 Å². The fourth-order valence-electron chi connectivity index (χ4n) is 2.97. The Bertz CT molecular complexity index is 721. The Morgan fingerprint density at radius 1 is 1.11 bits per heavy atom. The van der Waals surface area contributed by atoms with Crippen molar-refractivity contribution in [3.05, 3.63) is 28.8 Å². The maximum Gasteiger partial charge on any atom is 0.331 e. The van der Waals surface area contributed by atoms with E-state index < -0.39 is 12.1 Å². The lowest BCUT2D eigenvalue weighted by molar-refractivity contribution is -0.157. The van der Waals surface area contributed by atoms with Gasteiger partial charge in [-0.3, -0.25) is 4.79 Å². The second-order valence-corrected chi connectivity index (χ2v) is 7.28. The lowest BCUT2D eigenvalue weighted by Gasteiger charge is -2.32. The highest BCUT2D eigenvalue weighted by molar-refractivity contribution is 6.32. The van der Waals surface area contributed by atoms with Gasteiger partial charge < -0.3 is 19.1 Å². The zero-order valence-electron chi connectivity index (χ0n) is 16.3. The molecule has 1 aliphatic rings. The van der Waals surface area contributed by atoms with Gasteiger partial charge in [-0.05, 0) is 58.4 Å². The number of hydrogen-bond acceptors (Lipinski definition) is 5. The molecule has 1 aliphatic heterocycles. The number of nitrogens with zero attached hydrogens (tertiary/aromatic N) is 1. The van der Waals surface area contributed by atoms with Crippen molar-refractivity contribution in [2.24, 2.45) is 0 Å². The van der Waals surface area contributed by atoms with E-state index >= 15 is 0 Å². The summed E-state index contributed by atoms with van der Waals surface area (Å²) in [6, 6.07) is 3.45. The molecule has 0 saturated heterocycles. The summed E-state index contributed by atoms with van der Waals surface area (Å²) in [6.45, 7) is 10.2. The highest BCUT2D eigenvalue weighted by Gasteiger charge is 2.27. The van der Waals surface area contributed by atoms with E-state index in [9.17, 15) is 9.59 Å².